The third-order valence-corrected chi connectivity index (χ3v) is 4.76. The van der Waals surface area contributed by atoms with Gasteiger partial charge in [-0.2, -0.15) is 0 Å². The number of sulfonamides is 1. The molecule has 0 unspecified atom stereocenters. The fourth-order valence-corrected chi connectivity index (χ4v) is 2.66. The molecule has 0 aliphatic heterocycles. The second kappa shape index (κ2) is 7.85. The molecule has 0 bridgehead atoms. The fraction of sp³-hybridized carbons (Fsp3) is 0.267. The molecule has 2 aromatic rings. The van der Waals surface area contributed by atoms with Crippen LogP contribution in [-0.2, 0) is 14.9 Å². The Labute approximate surface area is 156 Å². The fourth-order valence-electron chi connectivity index (χ4n) is 2.04. The van der Waals surface area contributed by atoms with E-state index in [4.69, 9.17) is 11.6 Å². The lowest BCUT2D eigenvalue weighted by molar-refractivity contribution is 0.0538. The van der Waals surface area contributed by atoms with Gasteiger partial charge in [0.15, 0.2) is 5.82 Å². The van der Waals surface area contributed by atoms with Crippen molar-refractivity contribution in [3.05, 3.63) is 40.8 Å². The van der Waals surface area contributed by atoms with E-state index in [0.717, 1.165) is 10.6 Å². The lowest BCUT2D eigenvalue weighted by atomic mass is 10.2. The van der Waals surface area contributed by atoms with Crippen molar-refractivity contribution in [2.45, 2.75) is 6.92 Å². The summed E-state index contributed by atoms with van der Waals surface area (Å²) in [5, 5.41) is 3.14. The first-order valence-electron chi connectivity index (χ1n) is 7.31. The molecule has 11 heteroatoms. The number of rotatable bonds is 6. The van der Waals surface area contributed by atoms with Crippen LogP contribution in [0.3, 0.4) is 0 Å². The minimum Gasteiger partial charge on any atom is -0.352 e. The Morgan fingerprint density at radius 2 is 2.00 bits per heavy atom. The number of hydrogen-bond donors (Lipinski definition) is 2. The van der Waals surface area contributed by atoms with Gasteiger partial charge in [0.2, 0.25) is 10.0 Å². The van der Waals surface area contributed by atoms with Crippen LogP contribution < -0.4 is 15.1 Å². The van der Waals surface area contributed by atoms with Gasteiger partial charge in [0.05, 0.1) is 30.3 Å². The SMILES string of the molecule is CONC(=O)c1cnc(Cl)cc1Nc1ccc(C)nc1N(C)S(C)(=O)=O. The molecule has 140 valence electrons. The maximum absolute atomic E-state index is 12.1. The second-order valence-electron chi connectivity index (χ2n) is 5.37. The number of nitrogens with one attached hydrogen (secondary N) is 2. The highest BCUT2D eigenvalue weighted by Gasteiger charge is 2.20. The van der Waals surface area contributed by atoms with Crippen LogP contribution >= 0.6 is 11.6 Å². The zero-order valence-electron chi connectivity index (χ0n) is 14.6. The van der Waals surface area contributed by atoms with Crippen molar-refractivity contribution in [1.29, 1.82) is 0 Å². The molecule has 0 fully saturated rings. The minimum atomic E-state index is -3.54. The van der Waals surface area contributed by atoms with Crippen molar-refractivity contribution in [3.63, 3.8) is 0 Å². The van der Waals surface area contributed by atoms with Gasteiger partial charge in [-0.1, -0.05) is 11.6 Å². The van der Waals surface area contributed by atoms with E-state index in [0.29, 0.717) is 17.1 Å². The quantitative estimate of drug-likeness (QED) is 0.563. The van der Waals surface area contributed by atoms with Gasteiger partial charge in [-0.25, -0.2) is 23.9 Å². The zero-order chi connectivity index (χ0) is 19.5. The van der Waals surface area contributed by atoms with Crippen LogP contribution in [-0.4, -0.2) is 44.7 Å². The molecule has 0 saturated heterocycles. The molecule has 0 atom stereocenters. The van der Waals surface area contributed by atoms with Crippen molar-refractivity contribution in [3.8, 4) is 0 Å². The first kappa shape index (κ1) is 19.9. The summed E-state index contributed by atoms with van der Waals surface area (Å²) >= 11 is 5.93. The molecule has 0 saturated carbocycles. The Kier molecular flexibility index (Phi) is 6.01. The van der Waals surface area contributed by atoms with Crippen LogP contribution in [0.25, 0.3) is 0 Å². The van der Waals surface area contributed by atoms with Crippen LogP contribution in [0.4, 0.5) is 17.2 Å². The minimum absolute atomic E-state index is 0.152. The lowest BCUT2D eigenvalue weighted by Crippen LogP contribution is -2.27. The summed E-state index contributed by atoms with van der Waals surface area (Å²) in [5.74, 6) is -0.365. The third-order valence-electron chi connectivity index (χ3n) is 3.39. The van der Waals surface area contributed by atoms with Gasteiger partial charge < -0.3 is 5.32 Å². The van der Waals surface area contributed by atoms with Crippen LogP contribution in [0, 0.1) is 6.92 Å². The molecule has 2 heterocycles. The highest BCUT2D eigenvalue weighted by molar-refractivity contribution is 7.92. The molecule has 26 heavy (non-hydrogen) atoms. The Bertz CT molecular complexity index is 936. The summed E-state index contributed by atoms with van der Waals surface area (Å²) in [5.41, 5.74) is 3.67. The summed E-state index contributed by atoms with van der Waals surface area (Å²) in [6, 6.07) is 4.81. The standard InChI is InChI=1S/C15H18ClN5O4S/c1-9-5-6-11(14(18-9)21(2)26(4,23)24)19-12-7-13(16)17-8-10(12)15(22)20-25-3/h5-8H,1-4H3,(H,17,19)(H,20,22). The van der Waals surface area contributed by atoms with Gasteiger partial charge >= 0.3 is 0 Å². The average Bonchev–Trinajstić information content (AvgIpc) is 2.55. The van der Waals surface area contributed by atoms with E-state index < -0.39 is 15.9 Å². The Balaban J connectivity index is 2.53. The van der Waals surface area contributed by atoms with E-state index in [9.17, 15) is 13.2 Å². The monoisotopic (exact) mass is 399 g/mol. The van der Waals surface area contributed by atoms with Crippen LogP contribution in [0.1, 0.15) is 16.1 Å². The van der Waals surface area contributed by atoms with Crippen LogP contribution in [0.5, 0.6) is 0 Å². The number of carbonyl (C=O) groups excluding carboxylic acids is 1. The zero-order valence-corrected chi connectivity index (χ0v) is 16.1. The number of halogens is 1. The normalized spacial score (nSPS) is 11.1. The van der Waals surface area contributed by atoms with Crippen molar-refractivity contribution >= 4 is 44.7 Å². The lowest BCUT2D eigenvalue weighted by Gasteiger charge is -2.21. The van der Waals surface area contributed by atoms with Gasteiger partial charge in [0.25, 0.3) is 5.91 Å². The van der Waals surface area contributed by atoms with E-state index in [1.54, 1.807) is 19.1 Å². The summed E-state index contributed by atoms with van der Waals surface area (Å²) in [4.78, 5) is 24.9. The van der Waals surface area contributed by atoms with E-state index in [1.807, 2.05) is 0 Å². The number of amides is 1. The summed E-state index contributed by atoms with van der Waals surface area (Å²) < 4.78 is 24.9. The highest BCUT2D eigenvalue weighted by atomic mass is 35.5. The van der Waals surface area contributed by atoms with Gasteiger partial charge in [-0.3, -0.25) is 13.9 Å². The van der Waals surface area contributed by atoms with Gasteiger partial charge in [0.1, 0.15) is 5.15 Å². The van der Waals surface area contributed by atoms with Crippen molar-refractivity contribution in [2.24, 2.45) is 0 Å². The van der Waals surface area contributed by atoms with Gasteiger partial charge in [-0.15, -0.1) is 0 Å². The maximum Gasteiger partial charge on any atom is 0.278 e. The summed E-state index contributed by atoms with van der Waals surface area (Å²) in [7, 11) is -0.845. The molecule has 0 radical (unpaired) electrons. The van der Waals surface area contributed by atoms with E-state index in [-0.39, 0.29) is 16.5 Å². The number of anilines is 3. The third kappa shape index (κ3) is 4.59. The summed E-state index contributed by atoms with van der Waals surface area (Å²) in [6.07, 6.45) is 2.35. The molecular formula is C15H18ClN5O4S. The Morgan fingerprint density at radius 3 is 2.62 bits per heavy atom. The molecule has 0 aromatic carbocycles. The van der Waals surface area contributed by atoms with Crippen LogP contribution in [0.2, 0.25) is 5.15 Å². The number of aryl methyl sites for hydroxylation is 1. The molecule has 2 N–H and O–H groups in total. The van der Waals surface area contributed by atoms with Crippen LogP contribution in [0.15, 0.2) is 24.4 Å². The van der Waals surface area contributed by atoms with E-state index in [2.05, 4.69) is 25.6 Å². The Morgan fingerprint density at radius 1 is 1.31 bits per heavy atom. The molecule has 1 amide bonds. The van der Waals surface area contributed by atoms with Crippen molar-refractivity contribution in [1.82, 2.24) is 15.4 Å². The smallest absolute Gasteiger partial charge is 0.278 e. The Hall–Kier alpha value is -2.43. The molecule has 2 rings (SSSR count). The predicted molar refractivity (Wildman–Crippen MR) is 99.2 cm³/mol. The number of pyridine rings is 2. The largest absolute Gasteiger partial charge is 0.352 e. The van der Waals surface area contributed by atoms with Crippen molar-refractivity contribution < 1.29 is 18.0 Å². The molecule has 0 aliphatic carbocycles. The molecule has 0 spiro atoms. The first-order valence-corrected chi connectivity index (χ1v) is 9.53. The van der Waals surface area contributed by atoms with E-state index >= 15 is 0 Å². The molecule has 0 aliphatic rings. The molecule has 9 nitrogen and oxygen atoms in total. The number of aromatic nitrogens is 2. The topological polar surface area (TPSA) is 114 Å². The summed E-state index contributed by atoms with van der Waals surface area (Å²) in [6.45, 7) is 1.74. The molecular weight excluding hydrogens is 382 g/mol. The number of nitrogens with zero attached hydrogens (tertiary/aromatic N) is 3. The number of carbonyl (C=O) groups is 1. The molecule has 2 aromatic heterocycles. The van der Waals surface area contributed by atoms with Gasteiger partial charge in [-0.05, 0) is 25.1 Å². The second-order valence-corrected chi connectivity index (χ2v) is 7.77. The number of hydroxylamine groups is 1. The number of hydrogen-bond acceptors (Lipinski definition) is 7. The predicted octanol–water partition coefficient (Wildman–Crippen LogP) is 1.87. The van der Waals surface area contributed by atoms with Gasteiger partial charge in [0, 0.05) is 18.9 Å². The highest BCUT2D eigenvalue weighted by Crippen LogP contribution is 2.30. The first-order chi connectivity index (χ1) is 12.1. The van der Waals surface area contributed by atoms with E-state index in [1.165, 1.54) is 26.4 Å². The van der Waals surface area contributed by atoms with Crippen molar-refractivity contribution in [2.75, 3.05) is 30.0 Å². The average molecular weight is 400 g/mol. The maximum atomic E-state index is 12.1.